The third-order valence-corrected chi connectivity index (χ3v) is 3.94. The number of hydrogen-bond donors (Lipinski definition) is 0. The van der Waals surface area contributed by atoms with Crippen LogP contribution in [0.2, 0.25) is 0 Å². The van der Waals surface area contributed by atoms with E-state index in [0.717, 1.165) is 17.8 Å². The maximum absolute atomic E-state index is 9.03. The van der Waals surface area contributed by atoms with Crippen molar-refractivity contribution in [1.82, 2.24) is 4.90 Å². The summed E-state index contributed by atoms with van der Waals surface area (Å²) in [6.07, 6.45) is 2.68. The minimum Gasteiger partial charge on any atom is -0.302 e. The lowest BCUT2D eigenvalue weighted by Crippen LogP contribution is -2.57. The molecular formula is C10H14N2. The standard InChI is InChI=1S/C10H14N2/c11-3-10-8-1-7-2-9(10)6-12(4-7)5-8/h7-10H,1-2,4-6H2/t7?,8-,9-,10?/m1/s1. The molecule has 1 saturated carbocycles. The zero-order chi connectivity index (χ0) is 8.13. The molecule has 0 aromatic carbocycles. The zero-order valence-electron chi connectivity index (χ0n) is 7.24. The largest absolute Gasteiger partial charge is 0.302 e. The molecule has 2 heteroatoms. The van der Waals surface area contributed by atoms with Gasteiger partial charge in [-0.2, -0.15) is 5.26 Å². The molecular weight excluding hydrogens is 148 g/mol. The Morgan fingerprint density at radius 3 is 2.25 bits per heavy atom. The molecule has 3 aliphatic heterocycles. The molecule has 3 saturated heterocycles. The van der Waals surface area contributed by atoms with Crippen LogP contribution in [0.5, 0.6) is 0 Å². The van der Waals surface area contributed by atoms with Gasteiger partial charge in [0.1, 0.15) is 0 Å². The third kappa shape index (κ3) is 0.778. The van der Waals surface area contributed by atoms with E-state index in [4.69, 9.17) is 5.26 Å². The lowest BCUT2D eigenvalue weighted by atomic mass is 9.62. The Hall–Kier alpha value is -0.550. The summed E-state index contributed by atoms with van der Waals surface area (Å²) in [6, 6.07) is 2.52. The molecule has 0 N–H and O–H groups in total. The molecule has 0 radical (unpaired) electrons. The van der Waals surface area contributed by atoms with Crippen LogP contribution in [-0.4, -0.2) is 24.5 Å². The van der Waals surface area contributed by atoms with E-state index >= 15 is 0 Å². The van der Waals surface area contributed by atoms with Crippen molar-refractivity contribution >= 4 is 0 Å². The summed E-state index contributed by atoms with van der Waals surface area (Å²) in [7, 11) is 0. The molecule has 3 heterocycles. The number of nitriles is 1. The van der Waals surface area contributed by atoms with Gasteiger partial charge in [-0.1, -0.05) is 0 Å². The number of rotatable bonds is 0. The lowest BCUT2D eigenvalue weighted by Gasteiger charge is -2.53. The van der Waals surface area contributed by atoms with E-state index in [2.05, 4.69) is 11.0 Å². The van der Waals surface area contributed by atoms with Crippen LogP contribution in [0, 0.1) is 35.0 Å². The Kier molecular flexibility index (Phi) is 1.29. The SMILES string of the molecule is N#CC1[C@@H]2CC3C[C@@H]1CN(C3)C2. The minimum atomic E-state index is 0.401. The molecule has 4 rings (SSSR count). The van der Waals surface area contributed by atoms with Gasteiger partial charge in [-0.05, 0) is 30.6 Å². The highest BCUT2D eigenvalue weighted by molar-refractivity contribution is 5.05. The topological polar surface area (TPSA) is 27.0 Å². The molecule has 4 fully saturated rings. The summed E-state index contributed by atoms with van der Waals surface area (Å²) in [5, 5.41) is 9.03. The van der Waals surface area contributed by atoms with Crippen LogP contribution in [0.25, 0.3) is 0 Å². The zero-order valence-corrected chi connectivity index (χ0v) is 7.24. The average Bonchev–Trinajstić information content (AvgIpc) is 2.02. The second-order valence-corrected chi connectivity index (χ2v) is 4.73. The van der Waals surface area contributed by atoms with Gasteiger partial charge in [-0.15, -0.1) is 0 Å². The fourth-order valence-corrected chi connectivity index (χ4v) is 3.62. The molecule has 4 bridgehead atoms. The monoisotopic (exact) mass is 162 g/mol. The van der Waals surface area contributed by atoms with Gasteiger partial charge in [0.25, 0.3) is 0 Å². The molecule has 64 valence electrons. The second kappa shape index (κ2) is 2.23. The van der Waals surface area contributed by atoms with Crippen molar-refractivity contribution in [2.45, 2.75) is 12.8 Å². The van der Waals surface area contributed by atoms with E-state index < -0.39 is 0 Å². The van der Waals surface area contributed by atoms with Crippen LogP contribution in [0.3, 0.4) is 0 Å². The highest BCUT2D eigenvalue weighted by Gasteiger charge is 2.47. The fourth-order valence-electron chi connectivity index (χ4n) is 3.62. The van der Waals surface area contributed by atoms with E-state index in [0.29, 0.717) is 5.92 Å². The van der Waals surface area contributed by atoms with E-state index in [-0.39, 0.29) is 0 Å². The maximum atomic E-state index is 9.03. The number of piperidine rings is 3. The predicted molar refractivity (Wildman–Crippen MR) is 45.2 cm³/mol. The van der Waals surface area contributed by atoms with Crippen LogP contribution >= 0.6 is 0 Å². The molecule has 4 aliphatic rings. The van der Waals surface area contributed by atoms with Gasteiger partial charge in [0.15, 0.2) is 0 Å². The van der Waals surface area contributed by atoms with Crippen molar-refractivity contribution in [3.05, 3.63) is 0 Å². The van der Waals surface area contributed by atoms with Gasteiger partial charge >= 0.3 is 0 Å². The maximum Gasteiger partial charge on any atom is 0.0662 e. The van der Waals surface area contributed by atoms with Crippen molar-refractivity contribution in [2.75, 3.05) is 19.6 Å². The quantitative estimate of drug-likeness (QED) is 0.533. The first-order valence-corrected chi connectivity index (χ1v) is 4.99. The first kappa shape index (κ1) is 6.91. The molecule has 2 atom stereocenters. The first-order valence-electron chi connectivity index (χ1n) is 4.99. The predicted octanol–water partition coefficient (Wildman–Crippen LogP) is 1.10. The lowest BCUT2D eigenvalue weighted by molar-refractivity contribution is -0.0445. The van der Waals surface area contributed by atoms with Gasteiger partial charge in [0, 0.05) is 19.6 Å². The van der Waals surface area contributed by atoms with Crippen LogP contribution in [0.15, 0.2) is 0 Å². The smallest absolute Gasteiger partial charge is 0.0662 e. The van der Waals surface area contributed by atoms with Crippen molar-refractivity contribution in [3.63, 3.8) is 0 Å². The number of nitrogens with zero attached hydrogens (tertiary/aromatic N) is 2. The van der Waals surface area contributed by atoms with Gasteiger partial charge in [-0.25, -0.2) is 0 Å². The summed E-state index contributed by atoms with van der Waals surface area (Å²) in [6.45, 7) is 3.75. The van der Waals surface area contributed by atoms with Crippen LogP contribution in [0.1, 0.15) is 12.8 Å². The highest BCUT2D eigenvalue weighted by Crippen LogP contribution is 2.46. The van der Waals surface area contributed by atoms with Crippen LogP contribution < -0.4 is 0 Å². The summed E-state index contributed by atoms with van der Waals surface area (Å²) < 4.78 is 0. The molecule has 12 heavy (non-hydrogen) atoms. The van der Waals surface area contributed by atoms with Gasteiger partial charge < -0.3 is 4.90 Å². The Balaban J connectivity index is 1.91. The van der Waals surface area contributed by atoms with E-state index in [1.165, 1.54) is 32.5 Å². The fraction of sp³-hybridized carbons (Fsp3) is 0.900. The molecule has 0 aromatic rings. The van der Waals surface area contributed by atoms with Gasteiger partial charge in [0.2, 0.25) is 0 Å². The van der Waals surface area contributed by atoms with Crippen LogP contribution in [-0.2, 0) is 0 Å². The molecule has 2 nitrogen and oxygen atoms in total. The highest BCUT2D eigenvalue weighted by atomic mass is 15.2. The van der Waals surface area contributed by atoms with Crippen molar-refractivity contribution in [3.8, 4) is 6.07 Å². The Bertz CT molecular complexity index is 213. The van der Waals surface area contributed by atoms with Crippen molar-refractivity contribution in [1.29, 1.82) is 5.26 Å². The molecule has 0 spiro atoms. The minimum absolute atomic E-state index is 0.401. The van der Waals surface area contributed by atoms with E-state index in [1.807, 2.05) is 0 Å². The normalized spacial score (nSPS) is 55.4. The number of hydrogen-bond acceptors (Lipinski definition) is 2. The molecule has 1 aliphatic carbocycles. The van der Waals surface area contributed by atoms with Crippen molar-refractivity contribution in [2.24, 2.45) is 23.7 Å². The Morgan fingerprint density at radius 2 is 1.75 bits per heavy atom. The summed E-state index contributed by atoms with van der Waals surface area (Å²) >= 11 is 0. The van der Waals surface area contributed by atoms with Gasteiger partial charge in [-0.3, -0.25) is 0 Å². The van der Waals surface area contributed by atoms with Gasteiger partial charge in [0.05, 0.1) is 12.0 Å². The summed E-state index contributed by atoms with van der Waals surface area (Å²) in [5.41, 5.74) is 0. The molecule has 0 unspecified atom stereocenters. The Labute approximate surface area is 73.2 Å². The van der Waals surface area contributed by atoms with Crippen molar-refractivity contribution < 1.29 is 0 Å². The average molecular weight is 162 g/mol. The Morgan fingerprint density at radius 1 is 1.08 bits per heavy atom. The van der Waals surface area contributed by atoms with E-state index in [1.54, 1.807) is 0 Å². The van der Waals surface area contributed by atoms with E-state index in [9.17, 15) is 0 Å². The van der Waals surface area contributed by atoms with Crippen LogP contribution in [0.4, 0.5) is 0 Å². The first-order chi connectivity index (χ1) is 5.86. The summed E-state index contributed by atoms with van der Waals surface area (Å²) in [5.74, 6) is 2.78. The molecule has 0 aromatic heterocycles. The third-order valence-electron chi connectivity index (χ3n) is 3.94. The second-order valence-electron chi connectivity index (χ2n) is 4.73. The summed E-state index contributed by atoms with van der Waals surface area (Å²) in [4.78, 5) is 2.57. The molecule has 0 amide bonds.